The van der Waals surface area contributed by atoms with Gasteiger partial charge in [-0.1, -0.05) is 18.2 Å². The molecule has 5 rings (SSSR count). The van der Waals surface area contributed by atoms with E-state index in [9.17, 15) is 22.8 Å². The fraction of sp³-hybridized carbons (Fsp3) is 0.280. The first-order valence-corrected chi connectivity index (χ1v) is 12.2. The molecule has 2 aromatic heterocycles. The van der Waals surface area contributed by atoms with Crippen molar-refractivity contribution in [2.24, 2.45) is 7.05 Å². The molecule has 1 N–H and O–H groups in total. The van der Waals surface area contributed by atoms with Gasteiger partial charge < -0.3 is 0 Å². The normalized spacial score (nSPS) is 14.4. The van der Waals surface area contributed by atoms with Crippen LogP contribution in [0.2, 0.25) is 0 Å². The molecule has 36 heavy (non-hydrogen) atoms. The second kappa shape index (κ2) is 9.47. The van der Waals surface area contributed by atoms with Gasteiger partial charge in [-0.05, 0) is 50.2 Å². The highest BCUT2D eigenvalue weighted by Gasteiger charge is 2.31. The van der Waals surface area contributed by atoms with Crippen LogP contribution in [0.4, 0.5) is 18.3 Å². The van der Waals surface area contributed by atoms with Crippen LogP contribution in [0.3, 0.4) is 0 Å². The van der Waals surface area contributed by atoms with Crippen molar-refractivity contribution < 1.29 is 18.0 Å². The second-order valence-corrected chi connectivity index (χ2v) is 9.76. The Hall–Kier alpha value is -3.57. The van der Waals surface area contributed by atoms with Gasteiger partial charge in [0.1, 0.15) is 5.82 Å². The molecule has 0 aliphatic carbocycles. The summed E-state index contributed by atoms with van der Waals surface area (Å²) in [6.45, 7) is 2.87. The fourth-order valence-corrected chi connectivity index (χ4v) is 5.18. The van der Waals surface area contributed by atoms with Gasteiger partial charge in [0, 0.05) is 30.2 Å². The molecule has 0 radical (unpaired) electrons. The third-order valence-electron chi connectivity index (χ3n) is 6.15. The van der Waals surface area contributed by atoms with E-state index in [0.717, 1.165) is 36.6 Å². The van der Waals surface area contributed by atoms with E-state index in [0.29, 0.717) is 5.13 Å². The standard InChI is InChI=1S/C25H22F3N5O2S/c1-32-21(15-6-4-7-16(12-15)25(26,27)28)30-20-18(8-5-9-19(20)23(32)35)22(34)31-24-29-13-17(36-24)14-33-10-2-3-11-33/h4-9,12-13H,2-3,10-11,14H2,1H3,(H,29,31,34). The molecule has 1 aliphatic rings. The Labute approximate surface area is 208 Å². The lowest BCUT2D eigenvalue weighted by Crippen LogP contribution is -2.22. The van der Waals surface area contributed by atoms with Crippen LogP contribution in [-0.4, -0.2) is 38.4 Å². The molecule has 1 amide bonds. The summed E-state index contributed by atoms with van der Waals surface area (Å²) in [7, 11) is 1.44. The molecule has 0 spiro atoms. The van der Waals surface area contributed by atoms with Gasteiger partial charge in [0.2, 0.25) is 0 Å². The van der Waals surface area contributed by atoms with Gasteiger partial charge in [0.15, 0.2) is 5.13 Å². The number of fused-ring (bicyclic) bond motifs is 1. The first-order valence-electron chi connectivity index (χ1n) is 11.4. The maximum atomic E-state index is 13.3. The number of benzene rings is 2. The smallest absolute Gasteiger partial charge is 0.298 e. The summed E-state index contributed by atoms with van der Waals surface area (Å²) in [6.07, 6.45) is -0.448. The molecule has 186 valence electrons. The molecule has 1 saturated heterocycles. The number of alkyl halides is 3. The number of likely N-dealkylation sites (tertiary alicyclic amines) is 1. The molecular formula is C25H22F3N5O2S. The highest BCUT2D eigenvalue weighted by molar-refractivity contribution is 7.15. The summed E-state index contributed by atoms with van der Waals surface area (Å²) in [4.78, 5) is 38.4. The van der Waals surface area contributed by atoms with Crippen LogP contribution in [0.5, 0.6) is 0 Å². The first-order chi connectivity index (χ1) is 17.2. The number of carbonyl (C=O) groups is 1. The van der Waals surface area contributed by atoms with Crippen molar-refractivity contribution in [3.8, 4) is 11.4 Å². The van der Waals surface area contributed by atoms with Crippen LogP contribution in [0.1, 0.15) is 33.6 Å². The Morgan fingerprint density at radius 1 is 1.14 bits per heavy atom. The van der Waals surface area contributed by atoms with Crippen molar-refractivity contribution in [1.82, 2.24) is 19.4 Å². The van der Waals surface area contributed by atoms with Gasteiger partial charge in [-0.15, -0.1) is 11.3 Å². The molecule has 2 aromatic carbocycles. The second-order valence-electron chi connectivity index (χ2n) is 8.65. The number of nitrogens with zero attached hydrogens (tertiary/aromatic N) is 4. The molecule has 0 atom stereocenters. The molecule has 0 unspecified atom stereocenters. The molecule has 1 fully saturated rings. The molecule has 0 saturated carbocycles. The maximum Gasteiger partial charge on any atom is 0.416 e. The molecular weight excluding hydrogens is 491 g/mol. The van der Waals surface area contributed by atoms with E-state index < -0.39 is 23.2 Å². The number of rotatable bonds is 5. The summed E-state index contributed by atoms with van der Waals surface area (Å²) < 4.78 is 41.0. The average molecular weight is 514 g/mol. The minimum absolute atomic E-state index is 0.0287. The topological polar surface area (TPSA) is 80.1 Å². The molecule has 3 heterocycles. The lowest BCUT2D eigenvalue weighted by molar-refractivity contribution is -0.137. The summed E-state index contributed by atoms with van der Waals surface area (Å²) >= 11 is 1.38. The van der Waals surface area contributed by atoms with Crippen molar-refractivity contribution >= 4 is 33.3 Å². The van der Waals surface area contributed by atoms with Gasteiger partial charge in [-0.25, -0.2) is 9.97 Å². The zero-order chi connectivity index (χ0) is 25.4. The number of carbonyl (C=O) groups excluding carboxylic acids is 1. The van der Waals surface area contributed by atoms with Crippen LogP contribution in [0.15, 0.2) is 53.5 Å². The van der Waals surface area contributed by atoms with Crippen molar-refractivity contribution in [2.75, 3.05) is 18.4 Å². The van der Waals surface area contributed by atoms with Gasteiger partial charge in [0.25, 0.3) is 11.5 Å². The van der Waals surface area contributed by atoms with Gasteiger partial charge >= 0.3 is 6.18 Å². The number of para-hydroxylation sites is 1. The third-order valence-corrected chi connectivity index (χ3v) is 7.05. The lowest BCUT2D eigenvalue weighted by atomic mass is 10.1. The van der Waals surface area contributed by atoms with Gasteiger partial charge in [-0.2, -0.15) is 13.2 Å². The van der Waals surface area contributed by atoms with Crippen LogP contribution in [0, 0.1) is 0 Å². The summed E-state index contributed by atoms with van der Waals surface area (Å²) in [6, 6.07) is 9.23. The monoisotopic (exact) mass is 513 g/mol. The zero-order valence-corrected chi connectivity index (χ0v) is 20.1. The average Bonchev–Trinajstić information content (AvgIpc) is 3.53. The number of nitrogens with one attached hydrogen (secondary N) is 1. The minimum Gasteiger partial charge on any atom is -0.298 e. The van der Waals surface area contributed by atoms with Crippen LogP contribution in [0.25, 0.3) is 22.3 Å². The first kappa shape index (κ1) is 24.1. The number of anilines is 1. The number of thiazole rings is 1. The van der Waals surface area contributed by atoms with E-state index >= 15 is 0 Å². The quantitative estimate of drug-likeness (QED) is 0.410. The molecule has 0 bridgehead atoms. The highest BCUT2D eigenvalue weighted by atomic mass is 32.1. The number of hydrogen-bond donors (Lipinski definition) is 1. The maximum absolute atomic E-state index is 13.3. The SMILES string of the molecule is Cn1c(-c2cccc(C(F)(F)F)c2)nc2c(C(=O)Nc3ncc(CN4CCCC4)s3)cccc2c1=O. The summed E-state index contributed by atoms with van der Waals surface area (Å²) in [5.41, 5.74) is -0.958. The highest BCUT2D eigenvalue weighted by Crippen LogP contribution is 2.32. The predicted octanol–water partition coefficient (Wildman–Crippen LogP) is 4.92. The van der Waals surface area contributed by atoms with E-state index in [1.165, 1.54) is 60.1 Å². The van der Waals surface area contributed by atoms with Gasteiger partial charge in [0.05, 0.1) is 22.0 Å². The predicted molar refractivity (Wildman–Crippen MR) is 132 cm³/mol. The Kier molecular flexibility index (Phi) is 6.35. The molecule has 7 nitrogen and oxygen atoms in total. The Bertz CT molecular complexity index is 1510. The van der Waals surface area contributed by atoms with E-state index in [-0.39, 0.29) is 27.9 Å². The van der Waals surface area contributed by atoms with Crippen LogP contribution in [-0.2, 0) is 19.8 Å². The van der Waals surface area contributed by atoms with E-state index in [4.69, 9.17) is 0 Å². The Morgan fingerprint density at radius 2 is 1.89 bits per heavy atom. The number of halogens is 3. The van der Waals surface area contributed by atoms with Crippen molar-refractivity contribution in [3.63, 3.8) is 0 Å². The zero-order valence-electron chi connectivity index (χ0n) is 19.3. The number of hydrogen-bond acceptors (Lipinski definition) is 6. The number of aromatic nitrogens is 3. The molecule has 1 aliphatic heterocycles. The van der Waals surface area contributed by atoms with E-state index in [1.807, 2.05) is 0 Å². The molecule has 4 aromatic rings. The Balaban J connectivity index is 1.49. The van der Waals surface area contributed by atoms with Crippen LogP contribution >= 0.6 is 11.3 Å². The van der Waals surface area contributed by atoms with Crippen molar-refractivity contribution in [3.05, 3.63) is 75.0 Å². The van der Waals surface area contributed by atoms with Crippen molar-refractivity contribution in [1.29, 1.82) is 0 Å². The number of amides is 1. The summed E-state index contributed by atoms with van der Waals surface area (Å²) in [5.74, 6) is -0.473. The lowest BCUT2D eigenvalue weighted by Gasteiger charge is -2.13. The van der Waals surface area contributed by atoms with Gasteiger partial charge in [-0.3, -0.25) is 24.4 Å². The summed E-state index contributed by atoms with van der Waals surface area (Å²) in [5, 5.41) is 3.38. The fourth-order valence-electron chi connectivity index (χ4n) is 4.33. The largest absolute Gasteiger partial charge is 0.416 e. The molecule has 11 heteroatoms. The third kappa shape index (κ3) is 4.76. The Morgan fingerprint density at radius 3 is 2.64 bits per heavy atom. The van der Waals surface area contributed by atoms with E-state index in [2.05, 4.69) is 20.2 Å². The minimum atomic E-state index is -4.54. The van der Waals surface area contributed by atoms with Crippen LogP contribution < -0.4 is 10.9 Å². The van der Waals surface area contributed by atoms with Crippen molar-refractivity contribution in [2.45, 2.75) is 25.6 Å². The van der Waals surface area contributed by atoms with E-state index in [1.54, 1.807) is 12.3 Å².